The first-order chi connectivity index (χ1) is 25.3. The lowest BCUT2D eigenvalue weighted by Gasteiger charge is -2.10. The molecule has 236 valence electrons. The fourth-order valence-electron chi connectivity index (χ4n) is 8.55. The summed E-state index contributed by atoms with van der Waals surface area (Å²) in [4.78, 5) is 10.6. The maximum atomic E-state index is 6.47. The van der Waals surface area contributed by atoms with Gasteiger partial charge in [-0.2, -0.15) is 4.98 Å². The van der Waals surface area contributed by atoms with Crippen LogP contribution in [-0.2, 0) is 0 Å². The second-order valence-corrected chi connectivity index (χ2v) is 13.4. The molecule has 0 N–H and O–H groups in total. The van der Waals surface area contributed by atoms with E-state index in [0.717, 1.165) is 44.0 Å². The van der Waals surface area contributed by atoms with Crippen LogP contribution in [-0.4, -0.2) is 18.9 Å². The van der Waals surface area contributed by atoms with Crippen LogP contribution in [0.15, 0.2) is 162 Å². The summed E-state index contributed by atoms with van der Waals surface area (Å²) in [5.74, 6) is 0.583. The van der Waals surface area contributed by atoms with Gasteiger partial charge in [-0.25, -0.2) is 4.98 Å². The van der Waals surface area contributed by atoms with Crippen LogP contribution < -0.4 is 0 Å². The van der Waals surface area contributed by atoms with Gasteiger partial charge in [0.1, 0.15) is 5.58 Å². The Bertz CT molecular complexity index is 3350. The normalized spacial score (nSPS) is 12.3. The maximum absolute atomic E-state index is 6.47. The average molecular weight is 651 g/mol. The molecule has 0 saturated heterocycles. The van der Waals surface area contributed by atoms with Crippen LogP contribution in [0.1, 0.15) is 0 Å². The van der Waals surface area contributed by atoms with Gasteiger partial charge in [0.25, 0.3) is 0 Å². The third-order valence-electron chi connectivity index (χ3n) is 10.7. The van der Waals surface area contributed by atoms with E-state index in [1.807, 2.05) is 24.3 Å². The summed E-state index contributed by atoms with van der Waals surface area (Å²) < 4.78 is 11.2. The van der Waals surface area contributed by atoms with Crippen LogP contribution >= 0.6 is 0 Å². The number of furan rings is 1. The van der Waals surface area contributed by atoms with Crippen LogP contribution in [0.3, 0.4) is 0 Å². The Morgan fingerprint density at radius 3 is 1.88 bits per heavy atom. The van der Waals surface area contributed by atoms with Crippen molar-refractivity contribution >= 4 is 82.0 Å². The molecule has 5 heterocycles. The zero-order valence-electron chi connectivity index (χ0n) is 27.2. The molecule has 0 atom stereocenters. The Kier molecular flexibility index (Phi) is 5.17. The van der Waals surface area contributed by atoms with E-state index in [-0.39, 0.29) is 0 Å². The first kappa shape index (κ1) is 26.9. The van der Waals surface area contributed by atoms with Crippen LogP contribution in [0.25, 0.3) is 110 Å². The van der Waals surface area contributed by atoms with Gasteiger partial charge in [-0.3, -0.25) is 4.57 Å². The van der Waals surface area contributed by atoms with E-state index in [1.54, 1.807) is 0 Å². The number of para-hydroxylation sites is 3. The molecule has 0 fully saturated rings. The Morgan fingerprint density at radius 2 is 1.08 bits per heavy atom. The predicted octanol–water partition coefficient (Wildman–Crippen LogP) is 12.0. The van der Waals surface area contributed by atoms with Crippen molar-refractivity contribution in [3.8, 4) is 28.3 Å². The molecule has 0 amide bonds. The zero-order chi connectivity index (χ0) is 33.2. The van der Waals surface area contributed by atoms with Crippen molar-refractivity contribution in [2.75, 3.05) is 0 Å². The van der Waals surface area contributed by atoms with Gasteiger partial charge in [0.2, 0.25) is 11.7 Å². The Morgan fingerprint density at radius 1 is 0.412 bits per heavy atom. The summed E-state index contributed by atoms with van der Waals surface area (Å²) >= 11 is 0. The van der Waals surface area contributed by atoms with Crippen LogP contribution in [0.5, 0.6) is 0 Å². The minimum atomic E-state index is 0.576. The van der Waals surface area contributed by atoms with E-state index < -0.39 is 0 Å². The molecule has 7 aromatic carbocycles. The lowest BCUT2D eigenvalue weighted by molar-refractivity contribution is 0.651. The molecule has 0 radical (unpaired) electrons. The van der Waals surface area contributed by atoms with Crippen molar-refractivity contribution in [1.82, 2.24) is 18.9 Å². The van der Waals surface area contributed by atoms with Gasteiger partial charge in [-0.15, -0.1) is 0 Å². The molecule has 51 heavy (non-hydrogen) atoms. The molecule has 0 aliphatic heterocycles. The van der Waals surface area contributed by atoms with Crippen molar-refractivity contribution in [2.45, 2.75) is 0 Å². The smallest absolute Gasteiger partial charge is 0.238 e. The van der Waals surface area contributed by atoms with Crippen molar-refractivity contribution in [2.24, 2.45) is 0 Å². The third-order valence-corrected chi connectivity index (χ3v) is 10.7. The summed E-state index contributed by atoms with van der Waals surface area (Å²) in [6.07, 6.45) is 0. The highest BCUT2D eigenvalue weighted by atomic mass is 16.3. The number of hydrogen-bond acceptors (Lipinski definition) is 3. The van der Waals surface area contributed by atoms with Crippen molar-refractivity contribution < 1.29 is 4.42 Å². The molecule has 0 bridgehead atoms. The number of hydrogen-bond donors (Lipinski definition) is 0. The molecule has 12 aromatic rings. The zero-order valence-corrected chi connectivity index (χ0v) is 27.2. The van der Waals surface area contributed by atoms with Gasteiger partial charge in [-0.1, -0.05) is 127 Å². The standard InChI is InChI=1S/C46H26N4O/c1-3-13-27(14-4-1)29-23-24-30-34-26-38-40(41-32-18-8-10-20-35(32)49(44(34)41)37(30)25-29)31-17-7-11-21-36(31)50(38)46-47-43(28-15-5-2-6-16-28)42-33-19-9-12-22-39(33)51-45(42)48-46/h1-26H. The summed E-state index contributed by atoms with van der Waals surface area (Å²) in [5.41, 5.74) is 11.4. The highest BCUT2D eigenvalue weighted by Crippen LogP contribution is 2.47. The van der Waals surface area contributed by atoms with Gasteiger partial charge in [0.15, 0.2) is 0 Å². The second-order valence-electron chi connectivity index (χ2n) is 13.4. The summed E-state index contributed by atoms with van der Waals surface area (Å²) in [6, 6.07) is 55.8. The van der Waals surface area contributed by atoms with Crippen LogP contribution in [0.2, 0.25) is 0 Å². The Hall–Kier alpha value is -6.98. The van der Waals surface area contributed by atoms with E-state index in [4.69, 9.17) is 14.4 Å². The van der Waals surface area contributed by atoms with Crippen molar-refractivity contribution in [1.29, 1.82) is 0 Å². The highest BCUT2D eigenvalue weighted by molar-refractivity contribution is 6.35. The largest absolute Gasteiger partial charge is 0.437 e. The first-order valence-electron chi connectivity index (χ1n) is 17.3. The van der Waals surface area contributed by atoms with E-state index in [1.165, 1.54) is 54.6 Å². The molecular weight excluding hydrogens is 625 g/mol. The van der Waals surface area contributed by atoms with Gasteiger partial charge < -0.3 is 8.82 Å². The molecule has 0 aliphatic rings. The average Bonchev–Trinajstić information content (AvgIpc) is 3.93. The van der Waals surface area contributed by atoms with Crippen LogP contribution in [0, 0.1) is 0 Å². The minimum absolute atomic E-state index is 0.576. The number of benzene rings is 7. The molecule has 5 nitrogen and oxygen atoms in total. The third kappa shape index (κ3) is 3.54. The molecule has 0 spiro atoms. The number of rotatable bonds is 3. The number of nitrogens with zero attached hydrogens (tertiary/aromatic N) is 4. The molecule has 0 unspecified atom stereocenters. The summed E-state index contributed by atoms with van der Waals surface area (Å²) in [7, 11) is 0. The first-order valence-corrected chi connectivity index (χ1v) is 17.3. The number of aromatic nitrogens is 4. The monoisotopic (exact) mass is 650 g/mol. The quantitative estimate of drug-likeness (QED) is 0.191. The SMILES string of the molecule is c1ccc(-c2ccc3c4cc5c(c6ccccc6n5-c5nc(-c6ccccc6)c6c(n5)oc5ccccc56)c5c6ccccc6n(c3c2)c45)cc1. The van der Waals surface area contributed by atoms with Gasteiger partial charge in [-0.05, 0) is 41.5 Å². The lowest BCUT2D eigenvalue weighted by Crippen LogP contribution is -2.02. The molecule has 5 aromatic heterocycles. The van der Waals surface area contributed by atoms with E-state index in [9.17, 15) is 0 Å². The lowest BCUT2D eigenvalue weighted by atomic mass is 10.0. The predicted molar refractivity (Wildman–Crippen MR) is 209 cm³/mol. The van der Waals surface area contributed by atoms with E-state index >= 15 is 0 Å². The fraction of sp³-hybridized carbons (Fsp3) is 0. The maximum Gasteiger partial charge on any atom is 0.238 e. The van der Waals surface area contributed by atoms with Crippen molar-refractivity contribution in [3.63, 3.8) is 0 Å². The van der Waals surface area contributed by atoms with Gasteiger partial charge in [0.05, 0.1) is 38.7 Å². The molecule has 5 heteroatoms. The molecule has 0 saturated carbocycles. The topological polar surface area (TPSA) is 48.3 Å². The summed E-state index contributed by atoms with van der Waals surface area (Å²) in [6.45, 7) is 0. The fourth-order valence-corrected chi connectivity index (χ4v) is 8.55. The summed E-state index contributed by atoms with van der Waals surface area (Å²) in [5, 5.41) is 9.21. The van der Waals surface area contributed by atoms with Gasteiger partial charge in [0, 0.05) is 43.3 Å². The minimum Gasteiger partial charge on any atom is -0.437 e. The molecule has 0 aliphatic carbocycles. The number of fused-ring (bicyclic) bond motifs is 13. The van der Waals surface area contributed by atoms with Gasteiger partial charge >= 0.3 is 0 Å². The Balaban J connectivity index is 1.26. The van der Waals surface area contributed by atoms with E-state index in [0.29, 0.717) is 11.7 Å². The Labute approximate surface area is 290 Å². The van der Waals surface area contributed by atoms with E-state index in [2.05, 4.69) is 142 Å². The van der Waals surface area contributed by atoms with Crippen molar-refractivity contribution in [3.05, 3.63) is 158 Å². The van der Waals surface area contributed by atoms with Crippen LogP contribution in [0.4, 0.5) is 0 Å². The molecule has 12 rings (SSSR count). The highest BCUT2D eigenvalue weighted by Gasteiger charge is 2.26. The molecular formula is C46H26N4O. The second kappa shape index (κ2) is 9.80.